The van der Waals surface area contributed by atoms with Crippen LogP contribution in [0.1, 0.15) is 20.3 Å². The first-order valence-electron chi connectivity index (χ1n) is 5.79. The van der Waals surface area contributed by atoms with Gasteiger partial charge in [-0.3, -0.25) is 4.79 Å². The second kappa shape index (κ2) is 6.61. The summed E-state index contributed by atoms with van der Waals surface area (Å²) in [6.07, 6.45) is 0.527. The third-order valence-corrected chi connectivity index (χ3v) is 2.57. The number of rotatable bonds is 6. The SMILES string of the molecule is CC(C)(Oc1cccc(Cl)c1)C(=O)NCCCO. The van der Waals surface area contributed by atoms with E-state index in [0.29, 0.717) is 23.7 Å². The van der Waals surface area contributed by atoms with Crippen LogP contribution in [0.15, 0.2) is 24.3 Å². The molecule has 0 aliphatic carbocycles. The number of amides is 1. The summed E-state index contributed by atoms with van der Waals surface area (Å²) in [7, 11) is 0. The molecule has 0 spiro atoms. The van der Waals surface area contributed by atoms with E-state index < -0.39 is 5.60 Å². The normalized spacial score (nSPS) is 11.1. The molecule has 0 aliphatic rings. The first-order valence-corrected chi connectivity index (χ1v) is 6.17. The van der Waals surface area contributed by atoms with E-state index in [9.17, 15) is 4.79 Å². The molecular formula is C13H18ClNO3. The van der Waals surface area contributed by atoms with Crippen LogP contribution in [0.5, 0.6) is 5.75 Å². The lowest BCUT2D eigenvalue weighted by Crippen LogP contribution is -2.46. The van der Waals surface area contributed by atoms with Gasteiger partial charge in [-0.25, -0.2) is 0 Å². The zero-order valence-electron chi connectivity index (χ0n) is 10.6. The molecule has 0 aromatic heterocycles. The molecule has 0 atom stereocenters. The van der Waals surface area contributed by atoms with Crippen LogP contribution in [0.25, 0.3) is 0 Å². The minimum atomic E-state index is -0.986. The van der Waals surface area contributed by atoms with Gasteiger partial charge in [-0.1, -0.05) is 17.7 Å². The molecule has 0 fully saturated rings. The molecule has 1 rings (SSSR count). The van der Waals surface area contributed by atoms with Crippen molar-refractivity contribution in [1.82, 2.24) is 5.32 Å². The van der Waals surface area contributed by atoms with Crippen LogP contribution in [0, 0.1) is 0 Å². The maximum absolute atomic E-state index is 11.9. The summed E-state index contributed by atoms with van der Waals surface area (Å²) in [5.74, 6) is 0.320. The Morgan fingerprint density at radius 3 is 2.83 bits per heavy atom. The van der Waals surface area contributed by atoms with Crippen molar-refractivity contribution in [3.63, 3.8) is 0 Å². The standard InChI is InChI=1S/C13H18ClNO3/c1-13(2,12(17)15-7-4-8-16)18-11-6-3-5-10(14)9-11/h3,5-6,9,16H,4,7-8H2,1-2H3,(H,15,17). The lowest BCUT2D eigenvalue weighted by Gasteiger charge is -2.25. The summed E-state index contributed by atoms with van der Waals surface area (Å²) >= 11 is 5.85. The topological polar surface area (TPSA) is 58.6 Å². The zero-order chi connectivity index (χ0) is 13.6. The fourth-order valence-electron chi connectivity index (χ4n) is 1.37. The Morgan fingerprint density at radius 1 is 1.50 bits per heavy atom. The van der Waals surface area contributed by atoms with Gasteiger partial charge in [0.05, 0.1) is 0 Å². The summed E-state index contributed by atoms with van der Waals surface area (Å²) in [5.41, 5.74) is -0.986. The summed E-state index contributed by atoms with van der Waals surface area (Å²) in [4.78, 5) is 11.9. The van der Waals surface area contributed by atoms with Crippen LogP contribution in [0.3, 0.4) is 0 Å². The fraction of sp³-hybridized carbons (Fsp3) is 0.462. The second-order valence-corrected chi connectivity index (χ2v) is 4.84. The van der Waals surface area contributed by atoms with Gasteiger partial charge in [0.25, 0.3) is 5.91 Å². The number of halogens is 1. The van der Waals surface area contributed by atoms with Crippen LogP contribution < -0.4 is 10.1 Å². The molecule has 0 bridgehead atoms. The fourth-order valence-corrected chi connectivity index (χ4v) is 1.55. The molecule has 0 saturated heterocycles. The van der Waals surface area contributed by atoms with Crippen molar-refractivity contribution < 1.29 is 14.6 Å². The molecule has 4 nitrogen and oxygen atoms in total. The number of nitrogens with one attached hydrogen (secondary N) is 1. The highest BCUT2D eigenvalue weighted by molar-refractivity contribution is 6.30. The molecule has 0 heterocycles. The van der Waals surface area contributed by atoms with Gasteiger partial charge >= 0.3 is 0 Å². The summed E-state index contributed by atoms with van der Waals surface area (Å²) < 4.78 is 5.62. The van der Waals surface area contributed by atoms with Crippen molar-refractivity contribution in [3.8, 4) is 5.75 Å². The number of aliphatic hydroxyl groups is 1. The Balaban J connectivity index is 2.60. The third-order valence-electron chi connectivity index (χ3n) is 2.34. The van der Waals surface area contributed by atoms with E-state index in [4.69, 9.17) is 21.4 Å². The first-order chi connectivity index (χ1) is 8.45. The number of hydrogen-bond acceptors (Lipinski definition) is 3. The van der Waals surface area contributed by atoms with Gasteiger partial charge in [0.15, 0.2) is 5.60 Å². The van der Waals surface area contributed by atoms with E-state index in [0.717, 1.165) is 0 Å². The van der Waals surface area contributed by atoms with E-state index in [2.05, 4.69) is 5.32 Å². The van der Waals surface area contributed by atoms with Crippen molar-refractivity contribution in [2.75, 3.05) is 13.2 Å². The monoisotopic (exact) mass is 271 g/mol. The van der Waals surface area contributed by atoms with Gasteiger partial charge in [0.1, 0.15) is 5.75 Å². The summed E-state index contributed by atoms with van der Waals surface area (Å²) in [6, 6.07) is 6.90. The molecule has 0 radical (unpaired) electrons. The second-order valence-electron chi connectivity index (χ2n) is 4.40. The van der Waals surface area contributed by atoms with E-state index in [1.807, 2.05) is 0 Å². The number of benzene rings is 1. The number of carbonyl (C=O) groups is 1. The molecule has 0 saturated carbocycles. The first kappa shape index (κ1) is 14.8. The van der Waals surface area contributed by atoms with Crippen LogP contribution in [0.4, 0.5) is 0 Å². The van der Waals surface area contributed by atoms with E-state index in [1.54, 1.807) is 38.1 Å². The lowest BCUT2D eigenvalue weighted by molar-refractivity contribution is -0.134. The Hall–Kier alpha value is -1.26. The molecule has 1 amide bonds. The maximum atomic E-state index is 11.9. The average molecular weight is 272 g/mol. The number of carbonyl (C=O) groups excluding carboxylic acids is 1. The van der Waals surface area contributed by atoms with Crippen molar-refractivity contribution in [3.05, 3.63) is 29.3 Å². The van der Waals surface area contributed by atoms with Gasteiger partial charge in [-0.2, -0.15) is 0 Å². The molecule has 100 valence electrons. The van der Waals surface area contributed by atoms with Gasteiger partial charge in [0.2, 0.25) is 0 Å². The molecule has 1 aromatic rings. The van der Waals surface area contributed by atoms with Crippen LogP contribution in [-0.2, 0) is 4.79 Å². The minimum Gasteiger partial charge on any atom is -0.478 e. The highest BCUT2D eigenvalue weighted by Gasteiger charge is 2.29. The zero-order valence-corrected chi connectivity index (χ0v) is 11.3. The highest BCUT2D eigenvalue weighted by atomic mass is 35.5. The van der Waals surface area contributed by atoms with Gasteiger partial charge in [-0.15, -0.1) is 0 Å². The Labute approximate surface area is 112 Å². The van der Waals surface area contributed by atoms with Crippen LogP contribution in [0.2, 0.25) is 5.02 Å². The quantitative estimate of drug-likeness (QED) is 0.778. The molecule has 0 aliphatic heterocycles. The van der Waals surface area contributed by atoms with E-state index in [-0.39, 0.29) is 12.5 Å². The van der Waals surface area contributed by atoms with E-state index in [1.165, 1.54) is 0 Å². The van der Waals surface area contributed by atoms with Gasteiger partial charge in [0, 0.05) is 18.2 Å². The average Bonchev–Trinajstić information content (AvgIpc) is 2.28. The van der Waals surface area contributed by atoms with Crippen molar-refractivity contribution >= 4 is 17.5 Å². The molecule has 18 heavy (non-hydrogen) atoms. The predicted molar refractivity (Wildman–Crippen MR) is 70.9 cm³/mol. The largest absolute Gasteiger partial charge is 0.478 e. The van der Waals surface area contributed by atoms with Crippen molar-refractivity contribution in [1.29, 1.82) is 0 Å². The lowest BCUT2D eigenvalue weighted by atomic mass is 10.1. The van der Waals surface area contributed by atoms with Crippen LogP contribution >= 0.6 is 11.6 Å². The Bertz CT molecular complexity index is 407. The van der Waals surface area contributed by atoms with Gasteiger partial charge in [-0.05, 0) is 38.5 Å². The molecule has 2 N–H and O–H groups in total. The molecular weight excluding hydrogens is 254 g/mol. The number of hydrogen-bond donors (Lipinski definition) is 2. The number of ether oxygens (including phenoxy) is 1. The Kier molecular flexibility index (Phi) is 5.44. The summed E-state index contributed by atoms with van der Waals surface area (Å²) in [5, 5.41) is 11.9. The number of aliphatic hydroxyl groups excluding tert-OH is 1. The van der Waals surface area contributed by atoms with Crippen LogP contribution in [-0.4, -0.2) is 29.8 Å². The minimum absolute atomic E-state index is 0.0514. The molecule has 1 aromatic carbocycles. The molecule has 5 heteroatoms. The van der Waals surface area contributed by atoms with E-state index >= 15 is 0 Å². The third kappa shape index (κ3) is 4.55. The van der Waals surface area contributed by atoms with Crippen molar-refractivity contribution in [2.45, 2.75) is 25.9 Å². The maximum Gasteiger partial charge on any atom is 0.263 e. The molecule has 0 unspecified atom stereocenters. The smallest absolute Gasteiger partial charge is 0.263 e. The summed E-state index contributed by atoms with van der Waals surface area (Å²) in [6.45, 7) is 3.85. The highest BCUT2D eigenvalue weighted by Crippen LogP contribution is 2.22. The van der Waals surface area contributed by atoms with Crippen molar-refractivity contribution in [2.24, 2.45) is 0 Å². The Morgan fingerprint density at radius 2 is 2.22 bits per heavy atom. The van der Waals surface area contributed by atoms with Gasteiger partial charge < -0.3 is 15.2 Å². The predicted octanol–water partition coefficient (Wildman–Crippen LogP) is 2.00.